The van der Waals surface area contributed by atoms with Crippen LogP contribution in [0.4, 0.5) is 11.4 Å². The first-order valence-corrected chi connectivity index (χ1v) is 7.63. The Morgan fingerprint density at radius 2 is 2.19 bits per heavy atom. The predicted octanol–water partition coefficient (Wildman–Crippen LogP) is 2.30. The van der Waals surface area contributed by atoms with Gasteiger partial charge in [-0.1, -0.05) is 0 Å². The summed E-state index contributed by atoms with van der Waals surface area (Å²) in [6.45, 7) is 3.94. The molecule has 21 heavy (non-hydrogen) atoms. The number of nitrogens with zero attached hydrogens (tertiary/aromatic N) is 1. The molecule has 0 radical (unpaired) electrons. The van der Waals surface area contributed by atoms with E-state index in [1.807, 2.05) is 18.2 Å². The van der Waals surface area contributed by atoms with Crippen LogP contribution in [0, 0.1) is 0 Å². The fraction of sp³-hybridized carbons (Fsp3) is 0.562. The summed E-state index contributed by atoms with van der Waals surface area (Å²) in [5, 5.41) is 6.42. The molecule has 2 atom stereocenters. The van der Waals surface area contributed by atoms with E-state index in [4.69, 9.17) is 4.74 Å². The average Bonchev–Trinajstić information content (AvgIpc) is 3.05. The lowest BCUT2D eigenvalue weighted by molar-refractivity contribution is -0.114. The number of anilines is 2. The van der Waals surface area contributed by atoms with Gasteiger partial charge in [-0.25, -0.2) is 0 Å². The van der Waals surface area contributed by atoms with Crippen molar-refractivity contribution in [2.24, 2.45) is 0 Å². The molecule has 1 aromatic carbocycles. The first kappa shape index (κ1) is 14.2. The molecule has 0 aromatic heterocycles. The van der Waals surface area contributed by atoms with Gasteiger partial charge >= 0.3 is 0 Å². The number of methoxy groups -OCH3 is 1. The molecule has 1 aromatic rings. The van der Waals surface area contributed by atoms with Gasteiger partial charge in [0.2, 0.25) is 5.91 Å². The molecular formula is C16H23N3O2. The summed E-state index contributed by atoms with van der Waals surface area (Å²) in [4.78, 5) is 13.8. The van der Waals surface area contributed by atoms with Crippen LogP contribution >= 0.6 is 0 Å². The molecular weight excluding hydrogens is 266 g/mol. The summed E-state index contributed by atoms with van der Waals surface area (Å²) < 4.78 is 5.37. The van der Waals surface area contributed by atoms with E-state index >= 15 is 0 Å². The molecule has 5 nitrogen and oxygen atoms in total. The zero-order chi connectivity index (χ0) is 14.8. The fourth-order valence-electron chi connectivity index (χ4n) is 3.54. The van der Waals surface area contributed by atoms with Gasteiger partial charge in [0.25, 0.3) is 0 Å². The molecule has 5 heteroatoms. The Bertz CT molecular complexity index is 532. The maximum atomic E-state index is 11.2. The second-order valence-electron chi connectivity index (χ2n) is 5.88. The van der Waals surface area contributed by atoms with Crippen LogP contribution < -0.4 is 15.4 Å². The Morgan fingerprint density at radius 1 is 1.33 bits per heavy atom. The van der Waals surface area contributed by atoms with Gasteiger partial charge in [-0.15, -0.1) is 0 Å². The van der Waals surface area contributed by atoms with Gasteiger partial charge in [0, 0.05) is 37.3 Å². The van der Waals surface area contributed by atoms with Crippen LogP contribution in [-0.2, 0) is 4.79 Å². The zero-order valence-corrected chi connectivity index (χ0v) is 12.7. The van der Waals surface area contributed by atoms with Crippen LogP contribution in [0.1, 0.15) is 26.2 Å². The minimum absolute atomic E-state index is 0.0913. The van der Waals surface area contributed by atoms with Crippen LogP contribution in [0.3, 0.4) is 0 Å². The third-order valence-corrected chi connectivity index (χ3v) is 4.47. The van der Waals surface area contributed by atoms with Gasteiger partial charge in [0.1, 0.15) is 5.75 Å². The zero-order valence-electron chi connectivity index (χ0n) is 12.7. The van der Waals surface area contributed by atoms with Crippen molar-refractivity contribution in [2.45, 2.75) is 38.3 Å². The number of hydrogen-bond acceptors (Lipinski definition) is 4. The Hall–Kier alpha value is -1.75. The monoisotopic (exact) mass is 289 g/mol. The number of carbonyl (C=O) groups is 1. The maximum Gasteiger partial charge on any atom is 0.221 e. The Morgan fingerprint density at radius 3 is 2.95 bits per heavy atom. The van der Waals surface area contributed by atoms with Crippen LogP contribution in [0.5, 0.6) is 5.75 Å². The first-order chi connectivity index (χ1) is 10.2. The third kappa shape index (κ3) is 2.97. The van der Waals surface area contributed by atoms with Crippen molar-refractivity contribution >= 4 is 17.3 Å². The number of amides is 1. The summed E-state index contributed by atoms with van der Waals surface area (Å²) >= 11 is 0. The van der Waals surface area contributed by atoms with Crippen LogP contribution in [0.15, 0.2) is 18.2 Å². The molecule has 0 bridgehead atoms. The van der Waals surface area contributed by atoms with E-state index in [0.29, 0.717) is 23.5 Å². The lowest BCUT2D eigenvalue weighted by Crippen LogP contribution is -2.33. The van der Waals surface area contributed by atoms with Crippen molar-refractivity contribution in [3.63, 3.8) is 0 Å². The summed E-state index contributed by atoms with van der Waals surface area (Å²) in [6.07, 6.45) is 3.80. The van der Waals surface area contributed by atoms with Crippen molar-refractivity contribution in [2.75, 3.05) is 30.8 Å². The average molecular weight is 289 g/mol. The minimum Gasteiger partial charge on any atom is -0.494 e. The van der Waals surface area contributed by atoms with E-state index in [0.717, 1.165) is 5.69 Å². The molecule has 2 unspecified atom stereocenters. The summed E-state index contributed by atoms with van der Waals surface area (Å²) in [6, 6.07) is 7.05. The molecule has 0 saturated carbocycles. The second kappa shape index (κ2) is 5.93. The third-order valence-electron chi connectivity index (χ3n) is 4.47. The molecule has 114 valence electrons. The smallest absolute Gasteiger partial charge is 0.221 e. The maximum absolute atomic E-state index is 11.2. The number of fused-ring (bicyclic) bond motifs is 1. The lowest BCUT2D eigenvalue weighted by atomic mass is 10.1. The van der Waals surface area contributed by atoms with Gasteiger partial charge in [-0.05, 0) is 37.9 Å². The van der Waals surface area contributed by atoms with Gasteiger partial charge in [0.15, 0.2) is 0 Å². The van der Waals surface area contributed by atoms with E-state index in [9.17, 15) is 4.79 Å². The number of nitrogens with one attached hydrogen (secondary N) is 2. The van der Waals surface area contributed by atoms with E-state index in [1.54, 1.807) is 7.11 Å². The number of carbonyl (C=O) groups excluding carboxylic acids is 1. The van der Waals surface area contributed by atoms with Crippen molar-refractivity contribution in [1.29, 1.82) is 0 Å². The van der Waals surface area contributed by atoms with Gasteiger partial charge in [-0.2, -0.15) is 0 Å². The molecule has 2 fully saturated rings. The molecule has 2 N–H and O–H groups in total. The van der Waals surface area contributed by atoms with Crippen molar-refractivity contribution in [3.05, 3.63) is 18.2 Å². The summed E-state index contributed by atoms with van der Waals surface area (Å²) in [5.74, 6) is 0.600. The van der Waals surface area contributed by atoms with Crippen molar-refractivity contribution in [3.8, 4) is 5.75 Å². The highest BCUT2D eigenvalue weighted by Gasteiger charge is 2.36. The van der Waals surface area contributed by atoms with Gasteiger partial charge in [0.05, 0.1) is 12.8 Å². The number of rotatable bonds is 4. The number of ether oxygens (including phenoxy) is 1. The van der Waals surface area contributed by atoms with E-state index in [-0.39, 0.29) is 5.91 Å². The molecule has 2 aliphatic rings. The van der Waals surface area contributed by atoms with E-state index < -0.39 is 0 Å². The topological polar surface area (TPSA) is 53.6 Å². The van der Waals surface area contributed by atoms with Crippen LogP contribution in [0.25, 0.3) is 0 Å². The predicted molar refractivity (Wildman–Crippen MR) is 83.9 cm³/mol. The highest BCUT2D eigenvalue weighted by atomic mass is 16.5. The Kier molecular flexibility index (Phi) is 4.01. The van der Waals surface area contributed by atoms with E-state index in [1.165, 1.54) is 39.3 Å². The van der Waals surface area contributed by atoms with E-state index in [2.05, 4.69) is 15.5 Å². The van der Waals surface area contributed by atoms with Crippen molar-refractivity contribution in [1.82, 2.24) is 4.90 Å². The fourth-order valence-corrected chi connectivity index (χ4v) is 3.54. The standard InChI is InChI=1S/C16H23N3O2/c1-11(20)17-14-6-5-12(10-16(14)21-2)18-13-7-9-19-8-3-4-15(13)19/h5-6,10,13,15,18H,3-4,7-9H2,1-2H3,(H,17,20). The van der Waals surface area contributed by atoms with Crippen LogP contribution in [0.2, 0.25) is 0 Å². The largest absolute Gasteiger partial charge is 0.494 e. The number of hydrogen-bond donors (Lipinski definition) is 2. The second-order valence-corrected chi connectivity index (χ2v) is 5.88. The Balaban J connectivity index is 1.72. The van der Waals surface area contributed by atoms with Gasteiger partial charge in [-0.3, -0.25) is 9.69 Å². The molecule has 2 saturated heterocycles. The molecule has 1 amide bonds. The number of benzene rings is 1. The normalized spacial score (nSPS) is 24.7. The molecule has 0 aliphatic carbocycles. The molecule has 2 heterocycles. The van der Waals surface area contributed by atoms with Crippen LogP contribution in [-0.4, -0.2) is 43.1 Å². The SMILES string of the molecule is COc1cc(NC2CCN3CCCC23)ccc1NC(C)=O. The highest BCUT2D eigenvalue weighted by molar-refractivity contribution is 5.90. The Labute approximate surface area is 125 Å². The summed E-state index contributed by atoms with van der Waals surface area (Å²) in [5.41, 5.74) is 1.77. The quantitative estimate of drug-likeness (QED) is 0.893. The molecule has 3 rings (SSSR count). The molecule has 0 spiro atoms. The van der Waals surface area contributed by atoms with Gasteiger partial charge < -0.3 is 15.4 Å². The molecule has 2 aliphatic heterocycles. The van der Waals surface area contributed by atoms with Crippen molar-refractivity contribution < 1.29 is 9.53 Å². The highest BCUT2D eigenvalue weighted by Crippen LogP contribution is 2.32. The first-order valence-electron chi connectivity index (χ1n) is 7.63. The summed E-state index contributed by atoms with van der Waals surface area (Å²) in [7, 11) is 1.62. The lowest BCUT2D eigenvalue weighted by Gasteiger charge is -2.22. The minimum atomic E-state index is -0.0913.